The van der Waals surface area contributed by atoms with Crippen LogP contribution in [-0.2, 0) is 9.53 Å². The molecule has 1 atom stereocenters. The maximum atomic E-state index is 12.1. The summed E-state index contributed by atoms with van der Waals surface area (Å²) in [6, 6.07) is -1.22. The molecule has 6 heteroatoms. The predicted molar refractivity (Wildman–Crippen MR) is 73.1 cm³/mol. The first kappa shape index (κ1) is 17.7. The maximum Gasteiger partial charge on any atom is 0.326 e. The number of nitrogens with one attached hydrogen (secondary N) is 1. The van der Waals surface area contributed by atoms with Crippen LogP contribution in [0.1, 0.15) is 34.1 Å². The lowest BCUT2D eigenvalue weighted by Crippen LogP contribution is -2.51. The third-order valence-electron chi connectivity index (χ3n) is 2.72. The highest BCUT2D eigenvalue weighted by molar-refractivity contribution is 5.82. The summed E-state index contributed by atoms with van der Waals surface area (Å²) in [4.78, 5) is 24.8. The van der Waals surface area contributed by atoms with Gasteiger partial charge in [-0.1, -0.05) is 13.8 Å². The lowest BCUT2D eigenvalue weighted by molar-refractivity contribution is -0.139. The van der Waals surface area contributed by atoms with Crippen molar-refractivity contribution in [3.8, 4) is 0 Å². The number of hydrogen-bond acceptors (Lipinski definition) is 3. The van der Waals surface area contributed by atoms with E-state index >= 15 is 0 Å². The van der Waals surface area contributed by atoms with Crippen LogP contribution in [0.4, 0.5) is 4.79 Å². The van der Waals surface area contributed by atoms with Crippen LogP contribution in [0.5, 0.6) is 0 Å². The largest absolute Gasteiger partial charge is 0.480 e. The van der Waals surface area contributed by atoms with Gasteiger partial charge in [-0.3, -0.25) is 0 Å². The zero-order valence-corrected chi connectivity index (χ0v) is 12.5. The van der Waals surface area contributed by atoms with E-state index in [2.05, 4.69) is 5.32 Å². The molecule has 0 aliphatic carbocycles. The number of urea groups is 1. The van der Waals surface area contributed by atoms with E-state index in [1.807, 2.05) is 27.7 Å². The van der Waals surface area contributed by atoms with Gasteiger partial charge in [0.05, 0.1) is 6.61 Å². The Bertz CT molecular complexity index is 292. The SMILES string of the molecule is COCCN(C(=O)N[C@H](CC(C)C)C(=O)O)C(C)C. The number of carbonyl (C=O) groups is 2. The van der Waals surface area contributed by atoms with Crippen molar-refractivity contribution >= 4 is 12.0 Å². The van der Waals surface area contributed by atoms with Crippen LogP contribution in [-0.4, -0.2) is 54.4 Å². The van der Waals surface area contributed by atoms with Crippen LogP contribution < -0.4 is 5.32 Å². The summed E-state index contributed by atoms with van der Waals surface area (Å²) in [6.07, 6.45) is 0.414. The van der Waals surface area contributed by atoms with Crippen molar-refractivity contribution in [2.45, 2.75) is 46.2 Å². The molecule has 0 aliphatic rings. The van der Waals surface area contributed by atoms with E-state index < -0.39 is 12.0 Å². The van der Waals surface area contributed by atoms with Gasteiger partial charge in [-0.15, -0.1) is 0 Å². The maximum absolute atomic E-state index is 12.1. The van der Waals surface area contributed by atoms with Gasteiger partial charge < -0.3 is 20.1 Å². The van der Waals surface area contributed by atoms with Gasteiger partial charge in [-0.2, -0.15) is 0 Å². The standard InChI is InChI=1S/C13H26N2O4/c1-9(2)8-11(12(16)17)14-13(18)15(10(3)4)6-7-19-5/h9-11H,6-8H2,1-5H3,(H,14,18)(H,16,17)/t11-/m1/s1. The average Bonchev–Trinajstić information content (AvgIpc) is 2.27. The zero-order chi connectivity index (χ0) is 15.0. The van der Waals surface area contributed by atoms with E-state index in [1.165, 1.54) is 0 Å². The molecule has 0 spiro atoms. The highest BCUT2D eigenvalue weighted by Gasteiger charge is 2.24. The van der Waals surface area contributed by atoms with Crippen LogP contribution in [0.3, 0.4) is 0 Å². The van der Waals surface area contributed by atoms with Gasteiger partial charge in [0.15, 0.2) is 0 Å². The summed E-state index contributed by atoms with van der Waals surface area (Å²) >= 11 is 0. The van der Waals surface area contributed by atoms with Gasteiger partial charge in [0, 0.05) is 19.7 Å². The Hall–Kier alpha value is -1.30. The fourth-order valence-corrected chi connectivity index (χ4v) is 1.71. The number of amides is 2. The minimum absolute atomic E-state index is 0.0105. The fraction of sp³-hybridized carbons (Fsp3) is 0.846. The lowest BCUT2D eigenvalue weighted by Gasteiger charge is -2.28. The van der Waals surface area contributed by atoms with E-state index in [1.54, 1.807) is 12.0 Å². The van der Waals surface area contributed by atoms with Crippen LogP contribution in [0.2, 0.25) is 0 Å². The first-order valence-corrected chi connectivity index (χ1v) is 6.58. The van der Waals surface area contributed by atoms with Crippen molar-refractivity contribution in [3.63, 3.8) is 0 Å². The third kappa shape index (κ3) is 7.00. The van der Waals surface area contributed by atoms with Crippen molar-refractivity contribution in [3.05, 3.63) is 0 Å². The first-order valence-electron chi connectivity index (χ1n) is 6.58. The highest BCUT2D eigenvalue weighted by atomic mass is 16.5. The molecule has 0 rings (SSSR count). The van der Waals surface area contributed by atoms with Crippen molar-refractivity contribution in [1.29, 1.82) is 0 Å². The minimum atomic E-state index is -1.00. The molecule has 0 radical (unpaired) electrons. The van der Waals surface area contributed by atoms with E-state index in [9.17, 15) is 9.59 Å². The Morgan fingerprint density at radius 2 is 1.84 bits per heavy atom. The van der Waals surface area contributed by atoms with Crippen molar-refractivity contribution in [1.82, 2.24) is 10.2 Å². The van der Waals surface area contributed by atoms with Crippen LogP contribution in [0.15, 0.2) is 0 Å². The number of carboxylic acids is 1. The van der Waals surface area contributed by atoms with Crippen LogP contribution in [0, 0.1) is 5.92 Å². The van der Waals surface area contributed by atoms with Crippen molar-refractivity contribution in [2.24, 2.45) is 5.92 Å². The van der Waals surface area contributed by atoms with E-state index in [-0.39, 0.29) is 18.0 Å². The van der Waals surface area contributed by atoms with Gasteiger partial charge >= 0.3 is 12.0 Å². The van der Waals surface area contributed by atoms with E-state index in [0.717, 1.165) is 0 Å². The van der Waals surface area contributed by atoms with Crippen LogP contribution >= 0.6 is 0 Å². The smallest absolute Gasteiger partial charge is 0.326 e. The predicted octanol–water partition coefficient (Wildman–Crippen LogP) is 1.55. The molecule has 0 saturated heterocycles. The molecule has 0 saturated carbocycles. The molecule has 0 aliphatic heterocycles. The van der Waals surface area contributed by atoms with Crippen LogP contribution in [0.25, 0.3) is 0 Å². The Labute approximate surface area is 115 Å². The second-order valence-electron chi connectivity index (χ2n) is 5.25. The van der Waals surface area contributed by atoms with Gasteiger partial charge in [-0.25, -0.2) is 9.59 Å². The molecular weight excluding hydrogens is 248 g/mol. The molecule has 0 heterocycles. The topological polar surface area (TPSA) is 78.9 Å². The Balaban J connectivity index is 4.61. The number of carbonyl (C=O) groups excluding carboxylic acids is 1. The summed E-state index contributed by atoms with van der Waals surface area (Å²) in [7, 11) is 1.56. The summed E-state index contributed by atoms with van der Waals surface area (Å²) in [5, 5.41) is 11.7. The molecular formula is C13H26N2O4. The second kappa shape index (κ2) is 8.74. The molecule has 0 unspecified atom stereocenters. The van der Waals surface area contributed by atoms with Gasteiger partial charge in [0.2, 0.25) is 0 Å². The Morgan fingerprint density at radius 1 is 1.26 bits per heavy atom. The Kier molecular flexibility index (Phi) is 8.14. The number of methoxy groups -OCH3 is 1. The summed E-state index contributed by atoms with van der Waals surface area (Å²) in [5.41, 5.74) is 0. The molecule has 0 aromatic carbocycles. The van der Waals surface area contributed by atoms with Crippen molar-refractivity contribution < 1.29 is 19.4 Å². The number of rotatable bonds is 8. The quantitative estimate of drug-likeness (QED) is 0.704. The monoisotopic (exact) mass is 274 g/mol. The molecule has 6 nitrogen and oxygen atoms in total. The van der Waals surface area contributed by atoms with Gasteiger partial charge in [-0.05, 0) is 26.2 Å². The highest BCUT2D eigenvalue weighted by Crippen LogP contribution is 2.07. The number of hydrogen-bond donors (Lipinski definition) is 2. The number of ether oxygens (including phenoxy) is 1. The van der Waals surface area contributed by atoms with E-state index in [0.29, 0.717) is 19.6 Å². The average molecular weight is 274 g/mol. The van der Waals surface area contributed by atoms with Crippen molar-refractivity contribution in [2.75, 3.05) is 20.3 Å². The second-order valence-corrected chi connectivity index (χ2v) is 5.25. The molecule has 2 amide bonds. The summed E-state index contributed by atoms with van der Waals surface area (Å²) in [6.45, 7) is 8.48. The summed E-state index contributed by atoms with van der Waals surface area (Å²) in [5.74, 6) is -0.801. The zero-order valence-electron chi connectivity index (χ0n) is 12.5. The molecule has 112 valence electrons. The van der Waals surface area contributed by atoms with Gasteiger partial charge in [0.25, 0.3) is 0 Å². The molecule has 0 aromatic heterocycles. The number of nitrogens with zero attached hydrogens (tertiary/aromatic N) is 1. The molecule has 19 heavy (non-hydrogen) atoms. The molecule has 2 N–H and O–H groups in total. The number of aliphatic carboxylic acids is 1. The fourth-order valence-electron chi connectivity index (χ4n) is 1.71. The normalized spacial score (nSPS) is 12.6. The number of carboxylic acid groups (broad SMARTS) is 1. The summed E-state index contributed by atoms with van der Waals surface area (Å²) < 4.78 is 4.95. The molecule has 0 fully saturated rings. The third-order valence-corrected chi connectivity index (χ3v) is 2.72. The van der Waals surface area contributed by atoms with Gasteiger partial charge in [0.1, 0.15) is 6.04 Å². The first-order chi connectivity index (χ1) is 8.79. The Morgan fingerprint density at radius 3 is 2.21 bits per heavy atom. The van der Waals surface area contributed by atoms with E-state index in [4.69, 9.17) is 9.84 Å². The lowest BCUT2D eigenvalue weighted by atomic mass is 10.0. The minimum Gasteiger partial charge on any atom is -0.480 e. The molecule has 0 bridgehead atoms. The molecule has 0 aromatic rings.